The van der Waals surface area contributed by atoms with Crippen molar-refractivity contribution in [3.8, 4) is 5.75 Å². The molecule has 0 unspecified atom stereocenters. The highest BCUT2D eigenvalue weighted by Gasteiger charge is 2.04. The first-order valence-corrected chi connectivity index (χ1v) is 10.1. The molecule has 31 heavy (non-hydrogen) atoms. The van der Waals surface area contributed by atoms with Gasteiger partial charge in [-0.15, -0.1) is 5.11 Å². The largest absolute Gasteiger partial charge is 0.487 e. The molecule has 0 atom stereocenters. The van der Waals surface area contributed by atoms with Crippen LogP contribution in [0, 0.1) is 5.41 Å². The topological polar surface area (TPSA) is 96.7 Å². The third-order valence-electron chi connectivity index (χ3n) is 5.00. The van der Waals surface area contributed by atoms with Crippen LogP contribution in [0.1, 0.15) is 22.4 Å². The molecule has 0 fully saturated rings. The van der Waals surface area contributed by atoms with E-state index in [0.29, 0.717) is 12.2 Å². The highest BCUT2D eigenvalue weighted by Crippen LogP contribution is 2.18. The Labute approximate surface area is 180 Å². The summed E-state index contributed by atoms with van der Waals surface area (Å²) < 4.78 is 5.99. The fraction of sp³-hybridized carbons (Fsp3) is 0.120. The Morgan fingerprint density at radius 1 is 0.871 bits per heavy atom. The second-order valence-electron chi connectivity index (χ2n) is 7.20. The molecule has 6 nitrogen and oxygen atoms in total. The number of nitrogens with zero attached hydrogens (tertiary/aromatic N) is 3. The third kappa shape index (κ3) is 5.30. The molecule has 154 valence electrons. The van der Waals surface area contributed by atoms with Gasteiger partial charge >= 0.3 is 0 Å². The molecule has 0 radical (unpaired) electrons. The van der Waals surface area contributed by atoms with Crippen LogP contribution in [0.4, 0.5) is 0 Å². The van der Waals surface area contributed by atoms with E-state index in [4.69, 9.17) is 16.0 Å². The second kappa shape index (κ2) is 9.63. The van der Waals surface area contributed by atoms with E-state index in [1.165, 1.54) is 5.56 Å². The lowest BCUT2D eigenvalue weighted by Crippen LogP contribution is -2.00. The van der Waals surface area contributed by atoms with Gasteiger partial charge in [-0.25, -0.2) is 4.98 Å². The zero-order valence-corrected chi connectivity index (χ0v) is 17.0. The van der Waals surface area contributed by atoms with Gasteiger partial charge < -0.3 is 10.6 Å². The molecule has 6 heteroatoms. The Hall–Kier alpha value is -4.06. The summed E-state index contributed by atoms with van der Waals surface area (Å²) >= 11 is 0. The number of hydrogen-bond donors (Lipinski definition) is 2. The molecule has 4 rings (SSSR count). The van der Waals surface area contributed by atoms with E-state index in [1.807, 2.05) is 60.7 Å². The molecule has 0 bridgehead atoms. The van der Waals surface area contributed by atoms with Crippen LogP contribution in [0.25, 0.3) is 10.9 Å². The van der Waals surface area contributed by atoms with E-state index >= 15 is 0 Å². The van der Waals surface area contributed by atoms with Gasteiger partial charge in [-0.05, 0) is 54.3 Å². The van der Waals surface area contributed by atoms with Gasteiger partial charge in [-0.3, -0.25) is 5.41 Å². The Kier molecular flexibility index (Phi) is 6.28. The molecule has 0 aliphatic rings. The van der Waals surface area contributed by atoms with Crippen LogP contribution in [-0.2, 0) is 19.4 Å². The minimum Gasteiger partial charge on any atom is -0.487 e. The highest BCUT2D eigenvalue weighted by atomic mass is 16.5. The molecule has 1 heterocycles. The molecule has 0 aliphatic heterocycles. The smallest absolute Gasteiger partial charge is 0.176 e. The molecule has 3 aromatic carbocycles. The first-order chi connectivity index (χ1) is 15.2. The minimum atomic E-state index is 0.0575. The van der Waals surface area contributed by atoms with Crippen molar-refractivity contribution in [3.05, 3.63) is 107 Å². The van der Waals surface area contributed by atoms with E-state index in [9.17, 15) is 0 Å². The first-order valence-electron chi connectivity index (χ1n) is 10.1. The normalized spacial score (nSPS) is 11.1. The maximum atomic E-state index is 7.85. The standard InChI is InChI=1S/C25H23N5O/c26-25(29-30-27)21-8-3-5-18(15-21)11-12-19-6-4-9-23(16-19)31-17-22-14-13-20-7-1-2-10-24(20)28-22/h1-10,13-16H,11-12,17H2,(H3,26,27,29). The van der Waals surface area contributed by atoms with Gasteiger partial charge in [0.1, 0.15) is 12.4 Å². The molecule has 3 N–H and O–H groups in total. The molecular formula is C25H23N5O. The molecule has 4 aromatic rings. The predicted molar refractivity (Wildman–Crippen MR) is 122 cm³/mol. The SMILES string of the molecule is N=C(N=NN)c1cccc(CCc2cccc(OCc3ccc4ccccc4n3)c2)c1. The fourth-order valence-electron chi connectivity index (χ4n) is 3.41. The van der Waals surface area contributed by atoms with Crippen molar-refractivity contribution in [1.29, 1.82) is 5.41 Å². The van der Waals surface area contributed by atoms with Gasteiger partial charge in [0.2, 0.25) is 0 Å². The third-order valence-corrected chi connectivity index (χ3v) is 5.00. The number of fused-ring (bicyclic) bond motifs is 1. The molecule has 0 aliphatic carbocycles. The minimum absolute atomic E-state index is 0.0575. The van der Waals surface area contributed by atoms with E-state index in [1.54, 1.807) is 0 Å². The summed E-state index contributed by atoms with van der Waals surface area (Å²) in [5, 5.41) is 15.7. The highest BCUT2D eigenvalue weighted by molar-refractivity contribution is 5.96. The lowest BCUT2D eigenvalue weighted by Gasteiger charge is -2.09. The van der Waals surface area contributed by atoms with Crippen LogP contribution in [0.2, 0.25) is 0 Å². The number of aryl methyl sites for hydroxylation is 2. The quantitative estimate of drug-likeness (QED) is 0.143. The zero-order valence-electron chi connectivity index (χ0n) is 17.0. The summed E-state index contributed by atoms with van der Waals surface area (Å²) in [6, 6.07) is 28.0. The summed E-state index contributed by atoms with van der Waals surface area (Å²) in [5.41, 5.74) is 4.89. The van der Waals surface area contributed by atoms with Crippen molar-refractivity contribution < 1.29 is 4.74 Å². The van der Waals surface area contributed by atoms with Crippen molar-refractivity contribution in [2.45, 2.75) is 19.4 Å². The van der Waals surface area contributed by atoms with Crippen molar-refractivity contribution in [2.75, 3.05) is 0 Å². The molecule has 0 saturated heterocycles. The number of para-hydroxylation sites is 1. The van der Waals surface area contributed by atoms with Gasteiger partial charge in [0.05, 0.1) is 11.2 Å². The van der Waals surface area contributed by atoms with Crippen LogP contribution in [0.15, 0.2) is 95.3 Å². The van der Waals surface area contributed by atoms with Crippen LogP contribution >= 0.6 is 0 Å². The summed E-state index contributed by atoms with van der Waals surface area (Å²) in [7, 11) is 0. The number of nitrogens with one attached hydrogen (secondary N) is 1. The number of hydrogen-bond acceptors (Lipinski definition) is 4. The Morgan fingerprint density at radius 2 is 1.65 bits per heavy atom. The van der Waals surface area contributed by atoms with Crippen molar-refractivity contribution in [2.24, 2.45) is 16.2 Å². The van der Waals surface area contributed by atoms with E-state index < -0.39 is 0 Å². The number of ether oxygens (including phenoxy) is 1. The maximum Gasteiger partial charge on any atom is 0.176 e. The first kappa shape index (κ1) is 20.2. The van der Waals surface area contributed by atoms with Crippen LogP contribution in [0.5, 0.6) is 5.75 Å². The number of nitrogens with two attached hydrogens (primary N) is 1. The fourth-order valence-corrected chi connectivity index (χ4v) is 3.41. The average Bonchev–Trinajstić information content (AvgIpc) is 2.82. The van der Waals surface area contributed by atoms with Crippen LogP contribution in [0.3, 0.4) is 0 Å². The van der Waals surface area contributed by atoms with E-state index in [-0.39, 0.29) is 5.84 Å². The van der Waals surface area contributed by atoms with Gasteiger partial charge in [0.15, 0.2) is 5.84 Å². The Morgan fingerprint density at radius 3 is 2.48 bits per heavy atom. The molecular weight excluding hydrogens is 386 g/mol. The van der Waals surface area contributed by atoms with Crippen LogP contribution in [-0.4, -0.2) is 10.8 Å². The van der Waals surface area contributed by atoms with Gasteiger partial charge in [0.25, 0.3) is 0 Å². The Bertz CT molecular complexity index is 1240. The molecule has 0 amide bonds. The van der Waals surface area contributed by atoms with Gasteiger partial charge in [-0.1, -0.05) is 59.8 Å². The Balaban J connectivity index is 1.38. The number of amidine groups is 1. The number of pyridine rings is 1. The molecule has 1 aromatic heterocycles. The van der Waals surface area contributed by atoms with Crippen molar-refractivity contribution >= 4 is 16.7 Å². The molecule has 0 saturated carbocycles. The zero-order chi connectivity index (χ0) is 21.5. The lowest BCUT2D eigenvalue weighted by atomic mass is 10.0. The van der Waals surface area contributed by atoms with E-state index in [0.717, 1.165) is 40.8 Å². The lowest BCUT2D eigenvalue weighted by molar-refractivity contribution is 0.301. The summed E-state index contributed by atoms with van der Waals surface area (Å²) in [6.45, 7) is 0.425. The number of aromatic nitrogens is 1. The maximum absolute atomic E-state index is 7.85. The number of benzene rings is 3. The predicted octanol–water partition coefficient (Wildman–Crippen LogP) is 5.25. The van der Waals surface area contributed by atoms with Gasteiger partial charge in [-0.2, -0.15) is 0 Å². The second-order valence-corrected chi connectivity index (χ2v) is 7.20. The summed E-state index contributed by atoms with van der Waals surface area (Å²) in [6.07, 6.45) is 1.71. The van der Waals surface area contributed by atoms with Crippen molar-refractivity contribution in [1.82, 2.24) is 4.98 Å². The monoisotopic (exact) mass is 409 g/mol. The van der Waals surface area contributed by atoms with Gasteiger partial charge in [0, 0.05) is 10.9 Å². The van der Waals surface area contributed by atoms with E-state index in [2.05, 4.69) is 39.6 Å². The molecule has 0 spiro atoms. The van der Waals surface area contributed by atoms with Crippen molar-refractivity contribution in [3.63, 3.8) is 0 Å². The van der Waals surface area contributed by atoms with Crippen LogP contribution < -0.4 is 10.6 Å². The average molecular weight is 409 g/mol. The summed E-state index contributed by atoms with van der Waals surface area (Å²) in [5.74, 6) is 5.92. The number of rotatable bonds is 7. The summed E-state index contributed by atoms with van der Waals surface area (Å²) in [4.78, 5) is 4.66.